The molecule has 0 radical (unpaired) electrons. The first-order valence-corrected chi connectivity index (χ1v) is 41.9. The lowest BCUT2D eigenvalue weighted by Gasteiger charge is -2.22. The molecule has 1 aliphatic rings. The van der Waals surface area contributed by atoms with Crippen molar-refractivity contribution in [3.8, 4) is 0 Å². The average Bonchev–Trinajstić information content (AvgIpc) is 3.23. The average molecular weight is 1350 g/mol. The van der Waals surface area contributed by atoms with Gasteiger partial charge in [0, 0.05) is 13.1 Å². The first kappa shape index (κ1) is 90.9. The van der Waals surface area contributed by atoms with Crippen LogP contribution in [0.1, 0.15) is 394 Å². The van der Waals surface area contributed by atoms with Gasteiger partial charge in [-0.1, -0.05) is 279 Å². The van der Waals surface area contributed by atoms with Crippen molar-refractivity contribution in [3.63, 3.8) is 0 Å². The summed E-state index contributed by atoms with van der Waals surface area (Å²) in [5, 5.41) is 6.03. The third kappa shape index (κ3) is 67.5. The number of hydrogen-bond acceptors (Lipinski definition) is 7. The van der Waals surface area contributed by atoms with E-state index in [0.29, 0.717) is 39.0 Å². The molecular formula is C88H157N3O6. The SMILES string of the molecule is CCCCC/C=C/C/C=C/CCCCCCCCC(CCCCCCCC/C=C/C/C=C/CCCCC)OC(=O)NCCCCC(NC(=O)OC(CCCCCCCC/C=C/C/C=C/CCCCC)CCCCCCCC/C=C/C/C=C/CCCCC)C(=O)OCCN1CCCC1. The number of unbranched alkanes of at least 4 members (excludes halogenated alkanes) is 37. The van der Waals surface area contributed by atoms with Crippen LogP contribution >= 0.6 is 0 Å². The van der Waals surface area contributed by atoms with Crippen molar-refractivity contribution in [2.75, 3.05) is 32.8 Å². The van der Waals surface area contributed by atoms with E-state index < -0.39 is 18.1 Å². The molecule has 1 saturated heterocycles. The molecule has 1 aliphatic heterocycles. The summed E-state index contributed by atoms with van der Waals surface area (Å²) < 4.78 is 18.3. The van der Waals surface area contributed by atoms with Crippen molar-refractivity contribution in [1.29, 1.82) is 0 Å². The Bertz CT molecular complexity index is 1850. The first-order valence-electron chi connectivity index (χ1n) is 41.9. The van der Waals surface area contributed by atoms with E-state index in [9.17, 15) is 14.4 Å². The molecule has 9 heteroatoms. The largest absolute Gasteiger partial charge is 0.463 e. The summed E-state index contributed by atoms with van der Waals surface area (Å²) in [6.07, 6.45) is 101. The van der Waals surface area contributed by atoms with Gasteiger partial charge in [0.05, 0.1) is 0 Å². The fourth-order valence-electron chi connectivity index (χ4n) is 12.8. The lowest BCUT2D eigenvalue weighted by molar-refractivity contribution is -0.146. The highest BCUT2D eigenvalue weighted by Crippen LogP contribution is 2.21. The number of allylic oxidation sites excluding steroid dienone is 16. The molecule has 0 spiro atoms. The molecule has 560 valence electrons. The predicted molar refractivity (Wildman–Crippen MR) is 422 cm³/mol. The molecular weight excluding hydrogens is 1190 g/mol. The van der Waals surface area contributed by atoms with Gasteiger partial charge in [0.2, 0.25) is 0 Å². The zero-order valence-electron chi connectivity index (χ0n) is 64.2. The summed E-state index contributed by atoms with van der Waals surface area (Å²) in [7, 11) is 0. The number of likely N-dealkylation sites (tertiary alicyclic amines) is 1. The maximum Gasteiger partial charge on any atom is 0.408 e. The van der Waals surface area contributed by atoms with Gasteiger partial charge >= 0.3 is 18.2 Å². The molecule has 0 aliphatic carbocycles. The molecule has 2 amide bonds. The third-order valence-corrected chi connectivity index (χ3v) is 19.1. The van der Waals surface area contributed by atoms with E-state index in [1.807, 2.05) is 0 Å². The standard InChI is InChI=1S/C88H157N3O6/c1-5-9-13-17-21-25-29-33-37-41-45-49-53-57-61-65-73-83(74-66-62-58-54-50-46-42-38-34-30-26-22-18-14-10-6-2)96-87(93)89-78-70-69-77-85(86(92)95-82-81-91-79-71-72-80-91)90-88(94)97-84(75-67-63-59-55-51-47-43-39-35-31-27-23-19-15-11-7-3)76-68-64-60-56-52-48-44-40-36-32-28-24-20-16-12-8-4/h21-28,33-40,83-85H,5-20,29-32,41-82H2,1-4H3,(H,89,93)(H,90,94)/b25-21+,26-22+,27-23+,28-24+,37-33+,38-34+,39-35+,40-36+. The zero-order valence-corrected chi connectivity index (χ0v) is 64.2. The molecule has 2 N–H and O–H groups in total. The second-order valence-electron chi connectivity index (χ2n) is 28.4. The predicted octanol–water partition coefficient (Wildman–Crippen LogP) is 27.2. The topological polar surface area (TPSA) is 106 Å². The normalized spacial score (nSPS) is 13.6. The van der Waals surface area contributed by atoms with Crippen molar-refractivity contribution in [2.24, 2.45) is 0 Å². The number of nitrogens with one attached hydrogen (secondary N) is 2. The number of carbonyl (C=O) groups is 3. The Balaban J connectivity index is 2.83. The Morgan fingerprint density at radius 2 is 0.608 bits per heavy atom. The Morgan fingerprint density at radius 1 is 0.330 bits per heavy atom. The quantitative estimate of drug-likeness (QED) is 0.0270. The van der Waals surface area contributed by atoms with Crippen molar-refractivity contribution >= 4 is 18.2 Å². The van der Waals surface area contributed by atoms with E-state index in [-0.39, 0.29) is 18.3 Å². The maximum absolute atomic E-state index is 13.9. The van der Waals surface area contributed by atoms with E-state index in [4.69, 9.17) is 14.2 Å². The molecule has 1 unspecified atom stereocenters. The van der Waals surface area contributed by atoms with E-state index in [1.165, 1.54) is 231 Å². The molecule has 1 rings (SSSR count). The molecule has 1 atom stereocenters. The van der Waals surface area contributed by atoms with Crippen LogP contribution in [0, 0.1) is 0 Å². The number of alkyl carbamates (subject to hydrolysis) is 2. The Kier molecular flexibility index (Phi) is 71.3. The lowest BCUT2D eigenvalue weighted by Crippen LogP contribution is -2.44. The summed E-state index contributed by atoms with van der Waals surface area (Å²) in [5.74, 6) is -0.411. The van der Waals surface area contributed by atoms with Crippen molar-refractivity contribution in [2.45, 2.75) is 412 Å². The summed E-state index contributed by atoms with van der Waals surface area (Å²) in [4.78, 5) is 43.4. The molecule has 0 aromatic heterocycles. The van der Waals surface area contributed by atoms with Gasteiger partial charge in [0.15, 0.2) is 0 Å². The van der Waals surface area contributed by atoms with Crippen LogP contribution in [0.2, 0.25) is 0 Å². The molecule has 1 fully saturated rings. The van der Waals surface area contributed by atoms with Crippen LogP contribution in [0.3, 0.4) is 0 Å². The number of carbonyl (C=O) groups excluding carboxylic acids is 3. The summed E-state index contributed by atoms with van der Waals surface area (Å²) in [6, 6.07) is -0.824. The van der Waals surface area contributed by atoms with Crippen LogP contribution in [0.4, 0.5) is 9.59 Å². The van der Waals surface area contributed by atoms with Gasteiger partial charge in [0.25, 0.3) is 0 Å². The number of amides is 2. The van der Waals surface area contributed by atoms with Crippen molar-refractivity contribution < 1.29 is 28.6 Å². The van der Waals surface area contributed by atoms with Crippen molar-refractivity contribution in [1.82, 2.24) is 15.5 Å². The number of nitrogens with zero attached hydrogens (tertiary/aromatic N) is 1. The molecule has 0 bridgehead atoms. The van der Waals surface area contributed by atoms with Crippen LogP contribution in [0.25, 0.3) is 0 Å². The third-order valence-electron chi connectivity index (χ3n) is 19.1. The fraction of sp³-hybridized carbons (Fsp3) is 0.784. The second kappa shape index (κ2) is 76.1. The Labute approximate surface area is 601 Å². The van der Waals surface area contributed by atoms with Crippen LogP contribution < -0.4 is 10.6 Å². The minimum atomic E-state index is -0.824. The van der Waals surface area contributed by atoms with Gasteiger partial charge < -0.3 is 24.8 Å². The molecule has 1 heterocycles. The van der Waals surface area contributed by atoms with Gasteiger partial charge in [-0.2, -0.15) is 0 Å². The fourth-order valence-corrected chi connectivity index (χ4v) is 12.8. The Morgan fingerprint density at radius 3 is 0.928 bits per heavy atom. The highest BCUT2D eigenvalue weighted by molar-refractivity contribution is 5.81. The summed E-state index contributed by atoms with van der Waals surface area (Å²) in [6.45, 7) is 12.5. The number of rotatable bonds is 72. The highest BCUT2D eigenvalue weighted by atomic mass is 16.6. The minimum absolute atomic E-state index is 0.0871. The summed E-state index contributed by atoms with van der Waals surface area (Å²) in [5.41, 5.74) is 0. The van der Waals surface area contributed by atoms with Gasteiger partial charge in [-0.15, -0.1) is 0 Å². The highest BCUT2D eigenvalue weighted by Gasteiger charge is 2.25. The Hall–Kier alpha value is -4.11. The van der Waals surface area contributed by atoms with Gasteiger partial charge in [0.1, 0.15) is 24.9 Å². The van der Waals surface area contributed by atoms with E-state index in [2.05, 4.69) is 140 Å². The maximum atomic E-state index is 13.9. The van der Waals surface area contributed by atoms with Gasteiger partial charge in [-0.05, 0) is 225 Å². The molecule has 0 aromatic rings. The first-order chi connectivity index (χ1) is 47.9. The van der Waals surface area contributed by atoms with E-state index >= 15 is 0 Å². The van der Waals surface area contributed by atoms with Crippen molar-refractivity contribution in [3.05, 3.63) is 97.2 Å². The smallest absolute Gasteiger partial charge is 0.408 e. The van der Waals surface area contributed by atoms with Gasteiger partial charge in [-0.3, -0.25) is 4.90 Å². The van der Waals surface area contributed by atoms with Crippen LogP contribution in [-0.4, -0.2) is 74.1 Å². The van der Waals surface area contributed by atoms with Crippen LogP contribution in [0.15, 0.2) is 97.2 Å². The van der Waals surface area contributed by atoms with Crippen LogP contribution in [0.5, 0.6) is 0 Å². The van der Waals surface area contributed by atoms with E-state index in [0.717, 1.165) is 129 Å². The number of ether oxygens (including phenoxy) is 3. The number of hydrogen-bond donors (Lipinski definition) is 2. The van der Waals surface area contributed by atoms with E-state index in [1.54, 1.807) is 0 Å². The summed E-state index contributed by atoms with van der Waals surface area (Å²) >= 11 is 0. The number of esters is 1. The molecule has 9 nitrogen and oxygen atoms in total. The molecule has 0 saturated carbocycles. The molecule has 97 heavy (non-hydrogen) atoms. The second-order valence-corrected chi connectivity index (χ2v) is 28.4. The lowest BCUT2D eigenvalue weighted by atomic mass is 10.0. The minimum Gasteiger partial charge on any atom is -0.463 e. The van der Waals surface area contributed by atoms with Crippen LogP contribution in [-0.2, 0) is 19.0 Å². The molecule has 0 aromatic carbocycles. The zero-order chi connectivity index (χ0) is 69.7. The monoisotopic (exact) mass is 1350 g/mol. The van der Waals surface area contributed by atoms with Gasteiger partial charge in [-0.25, -0.2) is 14.4 Å².